The highest BCUT2D eigenvalue weighted by atomic mass is 19.4. The number of nitrogens with one attached hydrogen (secondary N) is 1. The number of imidazole rings is 1. The number of alkyl halides is 3. The van der Waals surface area contributed by atoms with Crippen molar-refractivity contribution in [2.24, 2.45) is 4.99 Å². The zero-order valence-corrected chi connectivity index (χ0v) is 19.9. The summed E-state index contributed by atoms with van der Waals surface area (Å²) in [6.45, 7) is 4.17. The molecule has 1 aliphatic rings. The number of halogens is 3. The smallest absolute Gasteiger partial charge is 0.322 e. The highest BCUT2D eigenvalue weighted by Gasteiger charge is 2.31. The summed E-state index contributed by atoms with van der Waals surface area (Å²) in [4.78, 5) is 25.6. The summed E-state index contributed by atoms with van der Waals surface area (Å²) in [5.74, 6) is 5.58. The zero-order valence-electron chi connectivity index (χ0n) is 19.9. The van der Waals surface area contributed by atoms with E-state index in [2.05, 4.69) is 32.1 Å². The summed E-state index contributed by atoms with van der Waals surface area (Å²) in [6, 6.07) is 10.3. The van der Waals surface area contributed by atoms with Gasteiger partial charge >= 0.3 is 6.18 Å². The van der Waals surface area contributed by atoms with Crippen LogP contribution < -0.4 is 5.32 Å². The van der Waals surface area contributed by atoms with Gasteiger partial charge in [-0.15, -0.1) is 0 Å². The van der Waals surface area contributed by atoms with Gasteiger partial charge in [0.25, 0.3) is 5.91 Å². The average Bonchev–Trinajstić information content (AvgIpc) is 3.51. The Bertz CT molecular complexity index is 1620. The number of amides is 1. The van der Waals surface area contributed by atoms with Crippen molar-refractivity contribution >= 4 is 17.8 Å². The van der Waals surface area contributed by atoms with E-state index in [4.69, 9.17) is 0 Å². The molecule has 0 atom stereocenters. The van der Waals surface area contributed by atoms with E-state index in [-0.39, 0.29) is 16.9 Å². The third-order valence-electron chi connectivity index (χ3n) is 5.83. The Kier molecular flexibility index (Phi) is 6.09. The maximum atomic E-state index is 13.6. The van der Waals surface area contributed by atoms with Gasteiger partial charge < -0.3 is 9.88 Å². The Labute approximate surface area is 210 Å². The number of carbonyl (C=O) groups excluding carboxylic acids is 1. The lowest BCUT2D eigenvalue weighted by Gasteiger charge is -2.14. The number of anilines is 1. The first kappa shape index (κ1) is 24.0. The van der Waals surface area contributed by atoms with E-state index in [1.807, 2.05) is 13.0 Å². The van der Waals surface area contributed by atoms with Crippen LogP contribution in [0.1, 0.15) is 49.6 Å². The number of aryl methyl sites for hydroxylation is 2. The summed E-state index contributed by atoms with van der Waals surface area (Å²) in [7, 11) is 0. The minimum atomic E-state index is -4.59. The van der Waals surface area contributed by atoms with E-state index >= 15 is 0 Å². The lowest BCUT2D eigenvalue weighted by molar-refractivity contribution is -0.137. The first-order chi connectivity index (χ1) is 17.7. The highest BCUT2D eigenvalue weighted by Crippen LogP contribution is 2.33. The number of aliphatic imine (C=N–C) groups is 1. The molecule has 0 saturated heterocycles. The number of nitrogens with zero attached hydrogens (tertiary/aromatic N) is 4. The number of hydrogen-bond donors (Lipinski definition) is 1. The molecule has 1 N–H and O–H groups in total. The van der Waals surface area contributed by atoms with Crippen LogP contribution in [0.2, 0.25) is 0 Å². The fraction of sp³-hybridized carbons (Fsp3) is 0.143. The van der Waals surface area contributed by atoms with Crippen molar-refractivity contribution in [3.63, 3.8) is 0 Å². The molecule has 2 aromatic carbocycles. The first-order valence-electron chi connectivity index (χ1n) is 11.3. The lowest BCUT2D eigenvalue weighted by Crippen LogP contribution is -2.14. The summed E-state index contributed by atoms with van der Waals surface area (Å²) < 4.78 is 42.2. The molecule has 0 aliphatic carbocycles. The molecular formula is C28H20F3N5O. The van der Waals surface area contributed by atoms with E-state index in [1.165, 1.54) is 17.0 Å². The summed E-state index contributed by atoms with van der Waals surface area (Å²) >= 11 is 0. The highest BCUT2D eigenvalue weighted by molar-refractivity contribution is 6.04. The van der Waals surface area contributed by atoms with Crippen molar-refractivity contribution in [2.45, 2.75) is 26.6 Å². The van der Waals surface area contributed by atoms with Crippen molar-refractivity contribution in [1.82, 2.24) is 14.5 Å². The van der Waals surface area contributed by atoms with Gasteiger partial charge in [-0.2, -0.15) is 13.2 Å². The summed E-state index contributed by atoms with van der Waals surface area (Å²) in [5, 5.41) is 2.59. The van der Waals surface area contributed by atoms with Gasteiger partial charge in [0.05, 0.1) is 29.8 Å². The number of rotatable bonds is 3. The Morgan fingerprint density at radius 2 is 1.89 bits per heavy atom. The van der Waals surface area contributed by atoms with Gasteiger partial charge in [-0.3, -0.25) is 14.8 Å². The normalized spacial score (nSPS) is 12.1. The molecule has 37 heavy (non-hydrogen) atoms. The van der Waals surface area contributed by atoms with E-state index in [0.29, 0.717) is 23.4 Å². The third kappa shape index (κ3) is 5.28. The number of aromatic nitrogens is 3. The van der Waals surface area contributed by atoms with Crippen LogP contribution in [0.4, 0.5) is 18.9 Å². The maximum absolute atomic E-state index is 13.6. The molecule has 3 heterocycles. The van der Waals surface area contributed by atoms with Gasteiger partial charge in [0.15, 0.2) is 0 Å². The molecule has 6 nitrogen and oxygen atoms in total. The standard InChI is InChI=1S/C28H20F3N5O/c1-17-3-5-21(8-20(17)6-4-19-7-22-13-32-14-26(22)33-12-19)27(37)35-24-9-23(28(29,30)31)10-25(11-24)36-15-18(2)34-16-36/h3,5,7-13,15-16H,14H2,1-2H3,(H,35,37). The van der Waals surface area contributed by atoms with Gasteiger partial charge in [-0.25, -0.2) is 4.98 Å². The molecule has 0 unspecified atom stereocenters. The second kappa shape index (κ2) is 9.39. The predicted molar refractivity (Wildman–Crippen MR) is 134 cm³/mol. The monoisotopic (exact) mass is 499 g/mol. The van der Waals surface area contributed by atoms with Crippen molar-refractivity contribution in [2.75, 3.05) is 5.32 Å². The number of carbonyl (C=O) groups is 1. The van der Waals surface area contributed by atoms with Crippen molar-refractivity contribution in [1.29, 1.82) is 0 Å². The second-order valence-electron chi connectivity index (χ2n) is 8.65. The minimum Gasteiger partial charge on any atom is -0.322 e. The fourth-order valence-corrected chi connectivity index (χ4v) is 3.85. The van der Waals surface area contributed by atoms with Crippen LogP contribution in [-0.4, -0.2) is 26.7 Å². The molecule has 0 radical (unpaired) electrons. The molecule has 0 saturated carbocycles. The van der Waals surface area contributed by atoms with Crippen LogP contribution in [0, 0.1) is 25.7 Å². The number of fused-ring (bicyclic) bond motifs is 1. The van der Waals surface area contributed by atoms with Crippen LogP contribution in [-0.2, 0) is 12.7 Å². The van der Waals surface area contributed by atoms with Gasteiger partial charge in [0.1, 0.15) is 0 Å². The van der Waals surface area contributed by atoms with Gasteiger partial charge in [-0.1, -0.05) is 17.9 Å². The maximum Gasteiger partial charge on any atom is 0.416 e. The third-order valence-corrected chi connectivity index (χ3v) is 5.83. The average molecular weight is 499 g/mol. The Balaban J connectivity index is 1.42. The number of pyridine rings is 1. The minimum absolute atomic E-state index is 0.0141. The zero-order chi connectivity index (χ0) is 26.2. The van der Waals surface area contributed by atoms with Crippen LogP contribution in [0.25, 0.3) is 5.69 Å². The molecule has 9 heteroatoms. The van der Waals surface area contributed by atoms with Crippen molar-refractivity contribution in [3.05, 3.63) is 106 Å². The summed E-state index contributed by atoms with van der Waals surface area (Å²) in [5.41, 5.74) is 4.32. The first-order valence-corrected chi connectivity index (χ1v) is 11.3. The van der Waals surface area contributed by atoms with Crippen molar-refractivity contribution < 1.29 is 18.0 Å². The second-order valence-corrected chi connectivity index (χ2v) is 8.65. The molecular weight excluding hydrogens is 479 g/mol. The molecule has 5 rings (SSSR count). The molecule has 1 amide bonds. The SMILES string of the molecule is Cc1cn(-c2cc(NC(=O)c3ccc(C)c(C#Cc4cnc5c(c4)C=NC5)c3)cc(C(F)(F)F)c2)cn1. The quantitative estimate of drug-likeness (QED) is 0.379. The Morgan fingerprint density at radius 3 is 2.65 bits per heavy atom. The van der Waals surface area contributed by atoms with Crippen LogP contribution in [0.15, 0.2) is 66.2 Å². The molecule has 0 fully saturated rings. The van der Waals surface area contributed by atoms with Crippen LogP contribution >= 0.6 is 0 Å². The van der Waals surface area contributed by atoms with Crippen LogP contribution in [0.5, 0.6) is 0 Å². The lowest BCUT2D eigenvalue weighted by atomic mass is 10.0. The molecule has 1 aliphatic heterocycles. The van der Waals surface area contributed by atoms with E-state index < -0.39 is 17.6 Å². The van der Waals surface area contributed by atoms with E-state index in [9.17, 15) is 18.0 Å². The molecule has 0 bridgehead atoms. The topological polar surface area (TPSA) is 72.2 Å². The van der Waals surface area contributed by atoms with Crippen LogP contribution in [0.3, 0.4) is 0 Å². The Hall–Kier alpha value is -4.71. The fourth-order valence-electron chi connectivity index (χ4n) is 3.85. The molecule has 2 aromatic heterocycles. The van der Waals surface area contributed by atoms with Gasteiger partial charge in [-0.05, 0) is 55.8 Å². The Morgan fingerprint density at radius 1 is 1.05 bits per heavy atom. The van der Waals surface area contributed by atoms with E-state index in [1.54, 1.807) is 43.7 Å². The number of benzene rings is 2. The molecule has 0 spiro atoms. The summed E-state index contributed by atoms with van der Waals surface area (Å²) in [6.07, 6.45) is 1.88. The van der Waals surface area contributed by atoms with E-state index in [0.717, 1.165) is 29.0 Å². The molecule has 184 valence electrons. The van der Waals surface area contributed by atoms with Crippen molar-refractivity contribution in [3.8, 4) is 17.5 Å². The van der Waals surface area contributed by atoms with Gasteiger partial charge in [0, 0.05) is 52.2 Å². The van der Waals surface area contributed by atoms with Gasteiger partial charge in [0.2, 0.25) is 0 Å². The predicted octanol–water partition coefficient (Wildman–Crippen LogP) is 5.49. The largest absolute Gasteiger partial charge is 0.416 e. The number of hydrogen-bond acceptors (Lipinski definition) is 4. The molecule has 4 aromatic rings.